The van der Waals surface area contributed by atoms with Crippen molar-refractivity contribution >= 4 is 46.0 Å². The maximum atomic E-state index is 13.1. The van der Waals surface area contributed by atoms with Crippen LogP contribution in [-0.2, 0) is 11.4 Å². The minimum absolute atomic E-state index is 0.159. The van der Waals surface area contributed by atoms with Crippen molar-refractivity contribution in [3.05, 3.63) is 88.6 Å². The Morgan fingerprint density at radius 3 is 2.69 bits per heavy atom. The lowest BCUT2D eigenvalue weighted by Gasteiger charge is -2.15. The zero-order valence-corrected chi connectivity index (χ0v) is 18.3. The Balaban J connectivity index is 1.38. The molecule has 0 aliphatic carbocycles. The van der Waals surface area contributed by atoms with Crippen molar-refractivity contribution < 1.29 is 23.4 Å². The molecule has 1 amide bonds. The van der Waals surface area contributed by atoms with Crippen LogP contribution in [0.2, 0.25) is 0 Å². The molecule has 0 aromatic heterocycles. The molecule has 160 valence electrons. The second kappa shape index (κ2) is 8.64. The molecule has 0 bridgehead atoms. The summed E-state index contributed by atoms with van der Waals surface area (Å²) in [5.41, 5.74) is 2.22. The number of nitrogens with zero attached hydrogens (tertiary/aromatic N) is 1. The third-order valence-electron chi connectivity index (χ3n) is 4.92. The molecule has 3 aromatic rings. The number of anilines is 1. The van der Waals surface area contributed by atoms with Crippen LogP contribution in [0.3, 0.4) is 0 Å². The Labute approximate surface area is 193 Å². The van der Waals surface area contributed by atoms with Gasteiger partial charge in [0.15, 0.2) is 15.8 Å². The highest BCUT2D eigenvalue weighted by atomic mass is 32.2. The van der Waals surface area contributed by atoms with Crippen molar-refractivity contribution in [2.75, 3.05) is 11.7 Å². The molecule has 2 aliphatic heterocycles. The average Bonchev–Trinajstić information content (AvgIpc) is 3.37. The van der Waals surface area contributed by atoms with Gasteiger partial charge in [0.1, 0.15) is 18.2 Å². The highest BCUT2D eigenvalue weighted by Gasteiger charge is 2.34. The van der Waals surface area contributed by atoms with Gasteiger partial charge in [-0.15, -0.1) is 0 Å². The Hall–Kier alpha value is -3.36. The van der Waals surface area contributed by atoms with Crippen molar-refractivity contribution in [2.45, 2.75) is 6.61 Å². The van der Waals surface area contributed by atoms with E-state index in [2.05, 4.69) is 0 Å². The summed E-state index contributed by atoms with van der Waals surface area (Å²) in [4.78, 5) is 15.1. The van der Waals surface area contributed by atoms with Crippen LogP contribution in [0.25, 0.3) is 6.08 Å². The van der Waals surface area contributed by atoms with Gasteiger partial charge in [-0.1, -0.05) is 54.3 Å². The number of carbonyl (C=O) groups excluding carboxylic acids is 1. The molecule has 0 saturated carbocycles. The third kappa shape index (κ3) is 4.06. The van der Waals surface area contributed by atoms with Gasteiger partial charge in [-0.05, 0) is 42.0 Å². The molecule has 0 unspecified atom stereocenters. The summed E-state index contributed by atoms with van der Waals surface area (Å²) in [6.45, 7) is 0.440. The molecule has 0 radical (unpaired) electrons. The summed E-state index contributed by atoms with van der Waals surface area (Å²) in [6, 6.07) is 18.8. The summed E-state index contributed by atoms with van der Waals surface area (Å²) in [5.74, 6) is 1.33. The summed E-state index contributed by atoms with van der Waals surface area (Å²) in [6.07, 6.45) is 1.77. The van der Waals surface area contributed by atoms with E-state index >= 15 is 0 Å². The van der Waals surface area contributed by atoms with Gasteiger partial charge in [0.25, 0.3) is 5.91 Å². The van der Waals surface area contributed by atoms with Gasteiger partial charge >= 0.3 is 0 Å². The van der Waals surface area contributed by atoms with E-state index in [1.54, 1.807) is 36.4 Å². The average molecular weight is 466 g/mol. The molecule has 5 rings (SSSR count). The van der Waals surface area contributed by atoms with E-state index in [-0.39, 0.29) is 25.1 Å². The molecule has 1 fully saturated rings. The first-order valence-corrected chi connectivity index (χ1v) is 10.9. The van der Waals surface area contributed by atoms with Gasteiger partial charge in [-0.25, -0.2) is 4.39 Å². The van der Waals surface area contributed by atoms with Crippen LogP contribution in [0.4, 0.5) is 10.1 Å². The lowest BCUT2D eigenvalue weighted by Crippen LogP contribution is -2.27. The van der Waals surface area contributed by atoms with E-state index < -0.39 is 0 Å². The molecule has 3 aromatic carbocycles. The highest BCUT2D eigenvalue weighted by molar-refractivity contribution is 8.27. The van der Waals surface area contributed by atoms with Gasteiger partial charge in [-0.3, -0.25) is 9.69 Å². The molecule has 0 atom stereocenters. The van der Waals surface area contributed by atoms with Crippen LogP contribution in [-0.4, -0.2) is 17.0 Å². The van der Waals surface area contributed by atoms with Crippen molar-refractivity contribution in [2.24, 2.45) is 0 Å². The number of carbonyl (C=O) groups is 1. The van der Waals surface area contributed by atoms with E-state index in [1.807, 2.05) is 24.3 Å². The summed E-state index contributed by atoms with van der Waals surface area (Å²) in [5, 5.41) is 0. The largest absolute Gasteiger partial charge is 0.488 e. The van der Waals surface area contributed by atoms with E-state index in [9.17, 15) is 9.18 Å². The van der Waals surface area contributed by atoms with Crippen molar-refractivity contribution in [1.29, 1.82) is 0 Å². The molecule has 2 aliphatic rings. The van der Waals surface area contributed by atoms with Gasteiger partial charge in [0.05, 0.1) is 10.6 Å². The monoisotopic (exact) mass is 465 g/mol. The zero-order valence-electron chi connectivity index (χ0n) is 16.6. The van der Waals surface area contributed by atoms with E-state index in [4.69, 9.17) is 26.4 Å². The van der Waals surface area contributed by atoms with Crippen LogP contribution >= 0.6 is 24.0 Å². The van der Waals surface area contributed by atoms with Crippen molar-refractivity contribution in [3.8, 4) is 17.2 Å². The number of thioether (sulfide) groups is 1. The lowest BCUT2D eigenvalue weighted by atomic mass is 10.1. The van der Waals surface area contributed by atoms with Crippen LogP contribution in [0.15, 0.2) is 71.6 Å². The van der Waals surface area contributed by atoms with E-state index in [0.717, 1.165) is 11.1 Å². The Morgan fingerprint density at radius 1 is 1.06 bits per heavy atom. The summed E-state index contributed by atoms with van der Waals surface area (Å²) < 4.78 is 30.2. The van der Waals surface area contributed by atoms with Crippen LogP contribution < -0.4 is 19.1 Å². The third-order valence-corrected chi connectivity index (χ3v) is 6.22. The topological polar surface area (TPSA) is 48.0 Å². The van der Waals surface area contributed by atoms with Gasteiger partial charge < -0.3 is 14.2 Å². The number of rotatable bonds is 5. The standard InChI is InChI=1S/C24H16FNO4S2/c25-17-7-5-15(6-8-17)13-28-19-4-2-1-3-16(19)11-22-23(27)26(24(31)32-22)18-9-10-20-21(12-18)30-14-29-20/h1-12H,13-14H2/b22-11-. The molecule has 0 N–H and O–H groups in total. The predicted molar refractivity (Wildman–Crippen MR) is 125 cm³/mol. The first-order chi connectivity index (χ1) is 15.6. The quantitative estimate of drug-likeness (QED) is 0.364. The predicted octanol–water partition coefficient (Wildman–Crippen LogP) is 5.54. The first kappa shape index (κ1) is 20.5. The molecular weight excluding hydrogens is 449 g/mol. The van der Waals surface area contributed by atoms with Crippen molar-refractivity contribution in [1.82, 2.24) is 0 Å². The molecule has 2 heterocycles. The van der Waals surface area contributed by atoms with Crippen LogP contribution in [0, 0.1) is 5.82 Å². The second-order valence-electron chi connectivity index (χ2n) is 7.01. The number of para-hydroxylation sites is 1. The lowest BCUT2D eigenvalue weighted by molar-refractivity contribution is -0.113. The fourth-order valence-electron chi connectivity index (χ4n) is 3.33. The number of halogens is 1. The van der Waals surface area contributed by atoms with Gasteiger partial charge in [0.2, 0.25) is 6.79 Å². The molecule has 32 heavy (non-hydrogen) atoms. The molecular formula is C24H16FNO4S2. The second-order valence-corrected chi connectivity index (χ2v) is 8.68. The molecule has 5 nitrogen and oxygen atoms in total. The van der Waals surface area contributed by atoms with E-state index in [1.165, 1.54) is 28.8 Å². The number of hydrogen-bond donors (Lipinski definition) is 0. The normalized spacial score (nSPS) is 16.2. The summed E-state index contributed by atoms with van der Waals surface area (Å²) >= 11 is 6.70. The fourth-order valence-corrected chi connectivity index (χ4v) is 4.62. The summed E-state index contributed by atoms with van der Waals surface area (Å²) in [7, 11) is 0. The zero-order chi connectivity index (χ0) is 22.1. The SMILES string of the molecule is O=C1/C(=C/c2ccccc2OCc2ccc(F)cc2)SC(=S)N1c1ccc2c(c1)OCO2. The minimum atomic E-state index is -0.293. The number of benzene rings is 3. The van der Waals surface area contributed by atoms with Gasteiger partial charge in [-0.2, -0.15) is 0 Å². The number of ether oxygens (including phenoxy) is 3. The van der Waals surface area contributed by atoms with Crippen molar-refractivity contribution in [3.63, 3.8) is 0 Å². The fraction of sp³-hybridized carbons (Fsp3) is 0.0833. The highest BCUT2D eigenvalue weighted by Crippen LogP contribution is 2.41. The number of amides is 1. The smallest absolute Gasteiger partial charge is 0.270 e. The number of hydrogen-bond acceptors (Lipinski definition) is 6. The van der Waals surface area contributed by atoms with Crippen LogP contribution in [0.5, 0.6) is 17.2 Å². The minimum Gasteiger partial charge on any atom is -0.488 e. The number of thiocarbonyl (C=S) groups is 1. The van der Waals surface area contributed by atoms with Crippen LogP contribution in [0.1, 0.15) is 11.1 Å². The molecule has 8 heteroatoms. The Morgan fingerprint density at radius 2 is 1.84 bits per heavy atom. The molecule has 0 spiro atoms. The maximum Gasteiger partial charge on any atom is 0.270 e. The molecule has 1 saturated heterocycles. The first-order valence-electron chi connectivity index (χ1n) is 9.72. The maximum absolute atomic E-state index is 13.1. The Kier molecular flexibility index (Phi) is 5.55. The van der Waals surface area contributed by atoms with E-state index in [0.29, 0.717) is 32.2 Å². The van der Waals surface area contributed by atoms with Gasteiger partial charge in [0, 0.05) is 11.6 Å². The Bertz CT molecular complexity index is 1240. The number of fused-ring (bicyclic) bond motifs is 1.